The Morgan fingerprint density at radius 2 is 2.14 bits per heavy atom. The Balaban J connectivity index is 1.82. The molecular weight excluding hydrogens is 321 g/mol. The number of amides is 1. The molecule has 0 aliphatic carbocycles. The molecule has 10 heteroatoms. The Kier molecular flexibility index (Phi) is 5.07. The lowest BCUT2D eigenvalue weighted by Gasteiger charge is -2.08. The maximum Gasteiger partial charge on any atom is 0.328 e. The molecule has 0 unspecified atom stereocenters. The minimum absolute atomic E-state index is 0.182. The van der Waals surface area contributed by atoms with Crippen molar-refractivity contribution >= 4 is 40.8 Å². The summed E-state index contributed by atoms with van der Waals surface area (Å²) in [6.07, 6.45) is 1.26. The van der Waals surface area contributed by atoms with Crippen LogP contribution in [0.2, 0.25) is 10.0 Å². The number of nitrogens with zero attached hydrogens (tertiary/aromatic N) is 4. The Labute approximate surface area is 129 Å². The molecule has 2 aromatic rings. The Hall–Kier alpha value is -2.19. The molecule has 8 nitrogen and oxygen atoms in total. The zero-order valence-electron chi connectivity index (χ0n) is 10.5. The molecule has 0 saturated carbocycles. The van der Waals surface area contributed by atoms with Crippen LogP contribution in [0.25, 0.3) is 0 Å². The van der Waals surface area contributed by atoms with Crippen molar-refractivity contribution in [3.8, 4) is 0 Å². The van der Waals surface area contributed by atoms with Crippen molar-refractivity contribution in [2.45, 2.75) is 6.54 Å². The molecule has 0 spiro atoms. The number of aromatic nitrogens is 4. The zero-order valence-corrected chi connectivity index (χ0v) is 12.0. The summed E-state index contributed by atoms with van der Waals surface area (Å²) in [5, 5.41) is 13.5. The van der Waals surface area contributed by atoms with E-state index in [1.165, 1.54) is 17.1 Å². The van der Waals surface area contributed by atoms with Crippen molar-refractivity contribution in [1.82, 2.24) is 20.2 Å². The fraction of sp³-hybridized carbons (Fsp3) is 0.182. The molecule has 1 heterocycles. The quantitative estimate of drug-likeness (QED) is 0.826. The van der Waals surface area contributed by atoms with Crippen LogP contribution in [0.4, 0.5) is 5.69 Å². The van der Waals surface area contributed by atoms with Crippen LogP contribution in [0.1, 0.15) is 0 Å². The highest BCUT2D eigenvalue weighted by molar-refractivity contribution is 6.35. The number of benzene rings is 1. The van der Waals surface area contributed by atoms with Gasteiger partial charge in [-0.05, 0) is 28.6 Å². The van der Waals surface area contributed by atoms with Gasteiger partial charge in [0.05, 0.1) is 10.7 Å². The molecule has 0 bridgehead atoms. The number of ether oxygens (including phenoxy) is 1. The molecule has 1 amide bonds. The van der Waals surface area contributed by atoms with Crippen LogP contribution in [0.15, 0.2) is 24.5 Å². The second-order valence-corrected chi connectivity index (χ2v) is 4.68. The minimum atomic E-state index is -0.644. The van der Waals surface area contributed by atoms with Crippen LogP contribution in [-0.4, -0.2) is 38.7 Å². The van der Waals surface area contributed by atoms with E-state index in [0.29, 0.717) is 15.7 Å². The largest absolute Gasteiger partial charge is 0.454 e. The van der Waals surface area contributed by atoms with E-state index in [9.17, 15) is 9.59 Å². The smallest absolute Gasteiger partial charge is 0.328 e. The summed E-state index contributed by atoms with van der Waals surface area (Å²) in [6, 6.07) is 4.62. The minimum Gasteiger partial charge on any atom is -0.454 e. The van der Waals surface area contributed by atoms with Crippen LogP contribution in [0, 0.1) is 0 Å². The SMILES string of the molecule is O=C(COC(=O)Cn1cnnn1)Nc1cc(Cl)ccc1Cl. The molecule has 0 fully saturated rings. The van der Waals surface area contributed by atoms with Gasteiger partial charge in [-0.1, -0.05) is 23.2 Å². The van der Waals surface area contributed by atoms with Crippen molar-refractivity contribution in [1.29, 1.82) is 0 Å². The molecule has 110 valence electrons. The molecule has 0 saturated heterocycles. The van der Waals surface area contributed by atoms with E-state index in [-0.39, 0.29) is 6.54 Å². The highest BCUT2D eigenvalue weighted by Gasteiger charge is 2.11. The van der Waals surface area contributed by atoms with E-state index in [0.717, 1.165) is 0 Å². The van der Waals surface area contributed by atoms with Crippen molar-refractivity contribution in [2.75, 3.05) is 11.9 Å². The number of hydrogen-bond acceptors (Lipinski definition) is 6. The monoisotopic (exact) mass is 329 g/mol. The van der Waals surface area contributed by atoms with Crippen LogP contribution in [-0.2, 0) is 20.9 Å². The highest BCUT2D eigenvalue weighted by atomic mass is 35.5. The molecule has 1 aromatic heterocycles. The summed E-state index contributed by atoms with van der Waals surface area (Å²) in [4.78, 5) is 23.1. The molecule has 1 aromatic carbocycles. The molecule has 0 aliphatic heterocycles. The molecule has 1 N–H and O–H groups in total. The first kappa shape index (κ1) is 15.2. The summed E-state index contributed by atoms with van der Waals surface area (Å²) < 4.78 is 5.95. The van der Waals surface area contributed by atoms with Gasteiger partial charge in [0.1, 0.15) is 12.9 Å². The number of carbonyl (C=O) groups excluding carboxylic acids is 2. The summed E-state index contributed by atoms with van der Waals surface area (Å²) in [5.74, 6) is -1.18. The Morgan fingerprint density at radius 1 is 1.33 bits per heavy atom. The fourth-order valence-corrected chi connectivity index (χ4v) is 1.69. The zero-order chi connectivity index (χ0) is 15.2. The van der Waals surface area contributed by atoms with Crippen molar-refractivity contribution < 1.29 is 14.3 Å². The van der Waals surface area contributed by atoms with Crippen LogP contribution in [0.3, 0.4) is 0 Å². The van der Waals surface area contributed by atoms with Gasteiger partial charge < -0.3 is 10.1 Å². The molecule has 0 aliphatic rings. The highest BCUT2D eigenvalue weighted by Crippen LogP contribution is 2.25. The summed E-state index contributed by atoms with van der Waals surface area (Å²) in [5.41, 5.74) is 0.339. The first-order chi connectivity index (χ1) is 10.0. The van der Waals surface area contributed by atoms with Crippen molar-refractivity contribution in [3.05, 3.63) is 34.6 Å². The first-order valence-corrected chi connectivity index (χ1v) is 6.41. The maximum absolute atomic E-state index is 11.6. The molecule has 0 atom stereocenters. The number of tetrazole rings is 1. The molecule has 21 heavy (non-hydrogen) atoms. The lowest BCUT2D eigenvalue weighted by atomic mass is 10.3. The Morgan fingerprint density at radius 3 is 2.86 bits per heavy atom. The summed E-state index contributed by atoms with van der Waals surface area (Å²) >= 11 is 11.7. The second-order valence-electron chi connectivity index (χ2n) is 3.84. The van der Waals surface area contributed by atoms with Gasteiger partial charge in [-0.25, -0.2) is 4.68 Å². The number of anilines is 1. The topological polar surface area (TPSA) is 99.0 Å². The van der Waals surface area contributed by atoms with Gasteiger partial charge in [0.15, 0.2) is 6.61 Å². The summed E-state index contributed by atoms with van der Waals surface area (Å²) in [6.45, 7) is -0.637. The van der Waals surface area contributed by atoms with Gasteiger partial charge in [-0.2, -0.15) is 0 Å². The number of carbonyl (C=O) groups is 2. The number of hydrogen-bond donors (Lipinski definition) is 1. The second kappa shape index (κ2) is 7.00. The predicted octanol–water partition coefficient (Wildman–Crippen LogP) is 1.16. The predicted molar refractivity (Wildman–Crippen MR) is 73.9 cm³/mol. The lowest BCUT2D eigenvalue weighted by Crippen LogP contribution is -2.23. The number of halogens is 2. The normalized spacial score (nSPS) is 10.2. The maximum atomic E-state index is 11.6. The average Bonchev–Trinajstić information content (AvgIpc) is 2.93. The van der Waals surface area contributed by atoms with E-state index in [4.69, 9.17) is 27.9 Å². The van der Waals surface area contributed by atoms with Gasteiger partial charge in [-0.3, -0.25) is 9.59 Å². The third-order valence-corrected chi connectivity index (χ3v) is 2.81. The van der Waals surface area contributed by atoms with E-state index in [2.05, 4.69) is 20.8 Å². The van der Waals surface area contributed by atoms with E-state index in [1.807, 2.05) is 0 Å². The molecule has 2 rings (SSSR count). The lowest BCUT2D eigenvalue weighted by molar-refractivity contribution is -0.148. The van der Waals surface area contributed by atoms with Crippen molar-refractivity contribution in [2.24, 2.45) is 0 Å². The van der Waals surface area contributed by atoms with Crippen LogP contribution in [0.5, 0.6) is 0 Å². The van der Waals surface area contributed by atoms with Gasteiger partial charge in [-0.15, -0.1) is 5.10 Å². The third-order valence-electron chi connectivity index (χ3n) is 2.25. The van der Waals surface area contributed by atoms with E-state index >= 15 is 0 Å². The van der Waals surface area contributed by atoms with Crippen LogP contribution >= 0.6 is 23.2 Å². The number of rotatable bonds is 5. The Bertz CT molecular complexity index is 647. The average molecular weight is 330 g/mol. The van der Waals surface area contributed by atoms with Crippen LogP contribution < -0.4 is 5.32 Å². The van der Waals surface area contributed by atoms with Gasteiger partial charge in [0.25, 0.3) is 5.91 Å². The van der Waals surface area contributed by atoms with Gasteiger partial charge >= 0.3 is 5.97 Å². The summed E-state index contributed by atoms with van der Waals surface area (Å²) in [7, 11) is 0. The van der Waals surface area contributed by atoms with Crippen molar-refractivity contribution in [3.63, 3.8) is 0 Å². The fourth-order valence-electron chi connectivity index (χ4n) is 1.36. The molecular formula is C11H9Cl2N5O3. The first-order valence-electron chi connectivity index (χ1n) is 5.66. The third kappa shape index (κ3) is 4.69. The van der Waals surface area contributed by atoms with Gasteiger partial charge in [0.2, 0.25) is 0 Å². The number of nitrogens with one attached hydrogen (secondary N) is 1. The van der Waals surface area contributed by atoms with E-state index in [1.54, 1.807) is 12.1 Å². The molecule has 0 radical (unpaired) electrons. The number of esters is 1. The van der Waals surface area contributed by atoms with Gasteiger partial charge in [0, 0.05) is 5.02 Å². The standard InChI is InChI=1S/C11H9Cl2N5O3/c12-7-1-2-8(13)9(3-7)15-10(19)5-21-11(20)4-18-6-14-16-17-18/h1-3,6H,4-5H2,(H,15,19). The van der Waals surface area contributed by atoms with E-state index < -0.39 is 18.5 Å².